The highest BCUT2D eigenvalue weighted by molar-refractivity contribution is 5.87. The topological polar surface area (TPSA) is 52.7 Å². The number of alkyl halides is 3. The van der Waals surface area contributed by atoms with Crippen LogP contribution in [0.5, 0.6) is 0 Å². The molecule has 0 aliphatic carbocycles. The first-order valence-electron chi connectivity index (χ1n) is 7.02. The Morgan fingerprint density at radius 3 is 2.78 bits per heavy atom. The number of pyridine rings is 1. The van der Waals surface area contributed by atoms with Crippen molar-refractivity contribution in [1.82, 2.24) is 15.3 Å². The average molecular weight is 320 g/mol. The summed E-state index contributed by atoms with van der Waals surface area (Å²) < 4.78 is 39.0. The first kappa shape index (κ1) is 15.4. The molecule has 0 aliphatic heterocycles. The molecule has 0 fully saturated rings. The minimum Gasteiger partial charge on any atom is -0.361 e. The van der Waals surface area contributed by atoms with Crippen molar-refractivity contribution in [2.45, 2.75) is 12.7 Å². The maximum atomic E-state index is 13.0. The second-order valence-electron chi connectivity index (χ2n) is 5.15. The highest BCUT2D eigenvalue weighted by Gasteiger charge is 2.33. The van der Waals surface area contributed by atoms with E-state index in [4.69, 9.17) is 0 Å². The van der Waals surface area contributed by atoms with Crippen molar-refractivity contribution in [2.75, 3.05) is 12.4 Å². The Morgan fingerprint density at radius 2 is 2.04 bits per heavy atom. The maximum Gasteiger partial charge on any atom is 0.419 e. The first-order chi connectivity index (χ1) is 11.0. The standard InChI is InChI=1S/C16H15F3N4/c1-20-7-10-8-22-15-6-11(2-3-12(10)15)23-14-4-5-21-9-13(14)16(17,18)19/h2-6,8-9,20,22H,7H2,1H3,(H,21,23). The van der Waals surface area contributed by atoms with E-state index in [9.17, 15) is 13.2 Å². The molecule has 3 N–H and O–H groups in total. The largest absolute Gasteiger partial charge is 0.419 e. The van der Waals surface area contributed by atoms with Gasteiger partial charge >= 0.3 is 6.18 Å². The van der Waals surface area contributed by atoms with Crippen LogP contribution in [-0.2, 0) is 12.7 Å². The zero-order chi connectivity index (χ0) is 16.4. The van der Waals surface area contributed by atoms with Crippen LogP contribution in [0.4, 0.5) is 24.5 Å². The maximum absolute atomic E-state index is 13.0. The van der Waals surface area contributed by atoms with Crippen LogP contribution in [0.25, 0.3) is 10.9 Å². The van der Waals surface area contributed by atoms with Gasteiger partial charge in [-0.15, -0.1) is 0 Å². The molecule has 7 heteroatoms. The number of benzene rings is 1. The first-order valence-corrected chi connectivity index (χ1v) is 7.02. The number of anilines is 2. The molecule has 0 amide bonds. The minimum absolute atomic E-state index is 0.0196. The van der Waals surface area contributed by atoms with Gasteiger partial charge in [0, 0.05) is 41.7 Å². The van der Waals surface area contributed by atoms with Crippen molar-refractivity contribution in [1.29, 1.82) is 0 Å². The summed E-state index contributed by atoms with van der Waals surface area (Å²) >= 11 is 0. The summed E-state index contributed by atoms with van der Waals surface area (Å²) in [6.45, 7) is 0.718. The van der Waals surface area contributed by atoms with Crippen LogP contribution in [0.1, 0.15) is 11.1 Å². The Morgan fingerprint density at radius 1 is 1.22 bits per heavy atom. The molecule has 0 saturated heterocycles. The monoisotopic (exact) mass is 320 g/mol. The normalized spacial score (nSPS) is 11.8. The molecular formula is C16H15F3N4. The second-order valence-corrected chi connectivity index (χ2v) is 5.15. The predicted molar refractivity (Wildman–Crippen MR) is 83.6 cm³/mol. The van der Waals surface area contributed by atoms with Gasteiger partial charge < -0.3 is 15.6 Å². The number of hydrogen-bond acceptors (Lipinski definition) is 3. The predicted octanol–water partition coefficient (Wildman–Crippen LogP) is 4.04. The van der Waals surface area contributed by atoms with Crippen LogP contribution >= 0.6 is 0 Å². The molecule has 23 heavy (non-hydrogen) atoms. The SMILES string of the molecule is CNCc1c[nH]c2cc(Nc3ccncc3C(F)(F)F)ccc12. The number of hydrogen-bond donors (Lipinski definition) is 3. The highest BCUT2D eigenvalue weighted by Crippen LogP contribution is 2.35. The Hall–Kier alpha value is -2.54. The number of nitrogens with zero attached hydrogens (tertiary/aromatic N) is 1. The lowest BCUT2D eigenvalue weighted by Crippen LogP contribution is -2.09. The molecule has 0 spiro atoms. The van der Waals surface area contributed by atoms with Crippen LogP contribution in [0.2, 0.25) is 0 Å². The molecule has 0 bridgehead atoms. The number of halogens is 3. The molecular weight excluding hydrogens is 305 g/mol. The van der Waals surface area contributed by atoms with Gasteiger partial charge in [0.2, 0.25) is 0 Å². The zero-order valence-electron chi connectivity index (χ0n) is 12.3. The second kappa shape index (κ2) is 5.92. The van der Waals surface area contributed by atoms with E-state index in [1.807, 2.05) is 19.3 Å². The lowest BCUT2D eigenvalue weighted by Gasteiger charge is -2.14. The molecule has 0 aliphatic rings. The number of H-pyrrole nitrogens is 1. The fraction of sp³-hybridized carbons (Fsp3) is 0.188. The molecule has 3 aromatic rings. The van der Waals surface area contributed by atoms with Gasteiger partial charge in [0.15, 0.2) is 0 Å². The average Bonchev–Trinajstić information content (AvgIpc) is 2.90. The fourth-order valence-electron chi connectivity index (χ4n) is 2.49. The van der Waals surface area contributed by atoms with E-state index in [-0.39, 0.29) is 5.69 Å². The van der Waals surface area contributed by atoms with Crippen LogP contribution < -0.4 is 10.6 Å². The van der Waals surface area contributed by atoms with E-state index >= 15 is 0 Å². The van der Waals surface area contributed by atoms with Gasteiger partial charge in [-0.25, -0.2) is 0 Å². The summed E-state index contributed by atoms with van der Waals surface area (Å²) in [5.74, 6) is 0. The number of aromatic nitrogens is 2. The molecule has 0 unspecified atom stereocenters. The summed E-state index contributed by atoms with van der Waals surface area (Å²) in [6, 6.07) is 6.74. The summed E-state index contributed by atoms with van der Waals surface area (Å²) in [5, 5.41) is 6.93. The van der Waals surface area contributed by atoms with Crippen molar-refractivity contribution in [2.24, 2.45) is 0 Å². The Kier molecular flexibility index (Phi) is 3.96. The van der Waals surface area contributed by atoms with Crippen LogP contribution in [0.3, 0.4) is 0 Å². The van der Waals surface area contributed by atoms with Crippen molar-refractivity contribution >= 4 is 22.3 Å². The highest BCUT2D eigenvalue weighted by atomic mass is 19.4. The van der Waals surface area contributed by atoms with E-state index in [1.165, 1.54) is 12.3 Å². The van der Waals surface area contributed by atoms with Gasteiger partial charge in [0.05, 0.1) is 11.3 Å². The molecule has 1 aromatic carbocycles. The van der Waals surface area contributed by atoms with E-state index in [2.05, 4.69) is 20.6 Å². The van der Waals surface area contributed by atoms with Gasteiger partial charge in [-0.3, -0.25) is 4.98 Å². The van der Waals surface area contributed by atoms with Crippen molar-refractivity contribution in [3.8, 4) is 0 Å². The van der Waals surface area contributed by atoms with Crippen molar-refractivity contribution in [3.05, 3.63) is 54.0 Å². The molecule has 3 rings (SSSR count). The van der Waals surface area contributed by atoms with Crippen molar-refractivity contribution in [3.63, 3.8) is 0 Å². The Labute approximate surface area is 130 Å². The third-order valence-corrected chi connectivity index (χ3v) is 3.54. The van der Waals surface area contributed by atoms with Gasteiger partial charge in [-0.05, 0) is 30.8 Å². The molecule has 2 aromatic heterocycles. The zero-order valence-corrected chi connectivity index (χ0v) is 12.3. The molecule has 120 valence electrons. The van der Waals surface area contributed by atoms with Crippen LogP contribution in [-0.4, -0.2) is 17.0 Å². The molecule has 0 radical (unpaired) electrons. The number of nitrogens with one attached hydrogen (secondary N) is 3. The quantitative estimate of drug-likeness (QED) is 0.680. The molecule has 2 heterocycles. The van der Waals surface area contributed by atoms with Gasteiger partial charge in [-0.1, -0.05) is 6.07 Å². The van der Waals surface area contributed by atoms with Gasteiger partial charge in [0.1, 0.15) is 0 Å². The number of aromatic amines is 1. The summed E-state index contributed by atoms with van der Waals surface area (Å²) in [5.41, 5.74) is 1.74. The third-order valence-electron chi connectivity index (χ3n) is 3.54. The van der Waals surface area contributed by atoms with E-state index < -0.39 is 11.7 Å². The summed E-state index contributed by atoms with van der Waals surface area (Å²) in [7, 11) is 1.86. The summed E-state index contributed by atoms with van der Waals surface area (Å²) in [6.07, 6.45) is -0.415. The van der Waals surface area contributed by atoms with Crippen LogP contribution in [0, 0.1) is 0 Å². The number of rotatable bonds is 4. The molecule has 0 atom stereocenters. The smallest absolute Gasteiger partial charge is 0.361 e. The van der Waals surface area contributed by atoms with Gasteiger partial charge in [-0.2, -0.15) is 13.2 Å². The lowest BCUT2D eigenvalue weighted by molar-refractivity contribution is -0.137. The van der Waals surface area contributed by atoms with E-state index in [0.717, 1.165) is 29.2 Å². The Balaban J connectivity index is 1.94. The van der Waals surface area contributed by atoms with Crippen LogP contribution in [0.15, 0.2) is 42.9 Å². The number of fused-ring (bicyclic) bond motifs is 1. The Bertz CT molecular complexity index is 824. The molecule has 0 saturated carbocycles. The summed E-state index contributed by atoms with van der Waals surface area (Å²) in [4.78, 5) is 6.68. The fourth-order valence-corrected chi connectivity index (χ4v) is 2.49. The van der Waals surface area contributed by atoms with Gasteiger partial charge in [0.25, 0.3) is 0 Å². The van der Waals surface area contributed by atoms with E-state index in [0.29, 0.717) is 5.69 Å². The minimum atomic E-state index is -4.45. The van der Waals surface area contributed by atoms with E-state index in [1.54, 1.807) is 12.1 Å². The van der Waals surface area contributed by atoms with Crippen molar-refractivity contribution < 1.29 is 13.2 Å². The third kappa shape index (κ3) is 3.14. The lowest BCUT2D eigenvalue weighted by atomic mass is 10.1. The molecule has 4 nitrogen and oxygen atoms in total.